The second-order valence-electron chi connectivity index (χ2n) is 4.03. The van der Waals surface area contributed by atoms with Gasteiger partial charge in [-0.05, 0) is 19.8 Å². The van der Waals surface area contributed by atoms with Gasteiger partial charge in [0.15, 0.2) is 0 Å². The molecule has 14 heavy (non-hydrogen) atoms. The third kappa shape index (κ3) is 4.37. The van der Waals surface area contributed by atoms with Crippen molar-refractivity contribution in [1.82, 2.24) is 0 Å². The Balaban J connectivity index is 4.00. The van der Waals surface area contributed by atoms with Gasteiger partial charge < -0.3 is 20.1 Å². The Morgan fingerprint density at radius 2 is 1.50 bits per heavy atom. The lowest BCUT2D eigenvalue weighted by Gasteiger charge is -2.27. The predicted octanol–water partition coefficient (Wildman–Crippen LogP) is 0.150. The molecular formula is C10H22O4. The Kier molecular flexibility index (Phi) is 6.27. The first-order valence-electron chi connectivity index (χ1n) is 5.02. The standard InChI is InChI=1S/C10H22O4/c1-6(2)7(3)14-8(4)10(13)9(12)5-11/h6-13H,5H2,1-4H3/t7-,8?,9-,10?/m1/s1. The average Bonchev–Trinajstić information content (AvgIpc) is 2.14. The Labute approximate surface area is 85.5 Å². The van der Waals surface area contributed by atoms with E-state index in [0.717, 1.165) is 0 Å². The highest BCUT2D eigenvalue weighted by atomic mass is 16.5. The molecule has 0 spiro atoms. The third-order valence-corrected chi connectivity index (χ3v) is 2.43. The molecule has 0 saturated heterocycles. The van der Waals surface area contributed by atoms with Crippen LogP contribution < -0.4 is 0 Å². The van der Waals surface area contributed by atoms with Crippen molar-refractivity contribution >= 4 is 0 Å². The molecule has 0 fully saturated rings. The summed E-state index contributed by atoms with van der Waals surface area (Å²) in [5.41, 5.74) is 0. The van der Waals surface area contributed by atoms with E-state index in [4.69, 9.17) is 14.9 Å². The highest BCUT2D eigenvalue weighted by Crippen LogP contribution is 2.12. The van der Waals surface area contributed by atoms with Crippen molar-refractivity contribution in [3.63, 3.8) is 0 Å². The lowest BCUT2D eigenvalue weighted by atomic mass is 10.1. The molecule has 0 heterocycles. The topological polar surface area (TPSA) is 69.9 Å². The summed E-state index contributed by atoms with van der Waals surface area (Å²) < 4.78 is 5.48. The SMILES string of the molecule is CC(O[C@H](C)C(C)C)C(O)[C@H](O)CO. The summed E-state index contributed by atoms with van der Waals surface area (Å²) in [4.78, 5) is 0. The van der Waals surface area contributed by atoms with E-state index in [1.54, 1.807) is 6.92 Å². The molecule has 4 heteroatoms. The molecule has 3 N–H and O–H groups in total. The molecule has 0 aromatic rings. The normalized spacial score (nSPS) is 20.6. The van der Waals surface area contributed by atoms with Gasteiger partial charge in [-0.3, -0.25) is 0 Å². The minimum atomic E-state index is -1.13. The summed E-state index contributed by atoms with van der Waals surface area (Å²) in [5, 5.41) is 27.3. The highest BCUT2D eigenvalue weighted by molar-refractivity contribution is 4.73. The lowest BCUT2D eigenvalue weighted by molar-refractivity contribution is -0.121. The number of aliphatic hydroxyl groups excluding tert-OH is 3. The maximum Gasteiger partial charge on any atom is 0.108 e. The van der Waals surface area contributed by atoms with Crippen LogP contribution >= 0.6 is 0 Å². The quantitative estimate of drug-likeness (QED) is 0.578. The number of rotatable bonds is 6. The van der Waals surface area contributed by atoms with Crippen LogP contribution in [0.1, 0.15) is 27.7 Å². The van der Waals surface area contributed by atoms with Crippen molar-refractivity contribution in [3.05, 3.63) is 0 Å². The minimum Gasteiger partial charge on any atom is -0.394 e. The van der Waals surface area contributed by atoms with Crippen molar-refractivity contribution in [2.75, 3.05) is 6.61 Å². The van der Waals surface area contributed by atoms with E-state index in [2.05, 4.69) is 0 Å². The summed E-state index contributed by atoms with van der Waals surface area (Å²) in [6.45, 7) is 7.19. The van der Waals surface area contributed by atoms with Gasteiger partial charge in [0.1, 0.15) is 12.2 Å². The molecule has 2 unspecified atom stereocenters. The van der Waals surface area contributed by atoms with E-state index in [-0.39, 0.29) is 6.10 Å². The van der Waals surface area contributed by atoms with Crippen LogP contribution in [0.25, 0.3) is 0 Å². The molecule has 0 aromatic heterocycles. The van der Waals surface area contributed by atoms with Crippen LogP contribution in [-0.2, 0) is 4.74 Å². The van der Waals surface area contributed by atoms with Crippen molar-refractivity contribution in [2.24, 2.45) is 5.92 Å². The lowest BCUT2D eigenvalue weighted by Crippen LogP contribution is -2.41. The van der Waals surface area contributed by atoms with E-state index in [1.165, 1.54) is 0 Å². The molecule has 0 bridgehead atoms. The van der Waals surface area contributed by atoms with Crippen LogP contribution in [-0.4, -0.2) is 46.3 Å². The van der Waals surface area contributed by atoms with Gasteiger partial charge in [-0.15, -0.1) is 0 Å². The number of aliphatic hydroxyl groups is 3. The molecule has 0 saturated carbocycles. The number of hydrogen-bond donors (Lipinski definition) is 3. The second kappa shape index (κ2) is 6.35. The predicted molar refractivity (Wildman–Crippen MR) is 53.9 cm³/mol. The van der Waals surface area contributed by atoms with E-state index < -0.39 is 24.9 Å². The van der Waals surface area contributed by atoms with Gasteiger partial charge in [0.05, 0.1) is 18.8 Å². The van der Waals surface area contributed by atoms with Gasteiger partial charge in [0.2, 0.25) is 0 Å². The van der Waals surface area contributed by atoms with Crippen LogP contribution in [0.3, 0.4) is 0 Å². The summed E-state index contributed by atoms with van der Waals surface area (Å²) in [6.07, 6.45) is -2.63. The second-order valence-corrected chi connectivity index (χ2v) is 4.03. The Hall–Kier alpha value is -0.160. The van der Waals surface area contributed by atoms with Crippen LogP contribution in [0.2, 0.25) is 0 Å². The molecule has 0 aliphatic carbocycles. The Morgan fingerprint density at radius 3 is 1.86 bits per heavy atom. The summed E-state index contributed by atoms with van der Waals surface area (Å²) in [7, 11) is 0. The summed E-state index contributed by atoms with van der Waals surface area (Å²) in [5.74, 6) is 0.357. The Morgan fingerprint density at radius 1 is 1.00 bits per heavy atom. The van der Waals surface area contributed by atoms with Gasteiger partial charge in [-0.2, -0.15) is 0 Å². The molecular weight excluding hydrogens is 184 g/mol. The van der Waals surface area contributed by atoms with Crippen molar-refractivity contribution in [2.45, 2.75) is 52.1 Å². The summed E-state index contributed by atoms with van der Waals surface area (Å²) >= 11 is 0. The molecule has 4 atom stereocenters. The highest BCUT2D eigenvalue weighted by Gasteiger charge is 2.24. The van der Waals surface area contributed by atoms with Crippen LogP contribution in [0.15, 0.2) is 0 Å². The minimum absolute atomic E-state index is 0.0190. The van der Waals surface area contributed by atoms with Gasteiger partial charge in [0.25, 0.3) is 0 Å². The summed E-state index contributed by atoms with van der Waals surface area (Å²) in [6, 6.07) is 0. The van der Waals surface area contributed by atoms with E-state index in [1.807, 2.05) is 20.8 Å². The first-order valence-corrected chi connectivity index (χ1v) is 5.02. The van der Waals surface area contributed by atoms with E-state index in [0.29, 0.717) is 5.92 Å². The zero-order chi connectivity index (χ0) is 11.3. The molecule has 0 aliphatic rings. The van der Waals surface area contributed by atoms with Gasteiger partial charge in [0, 0.05) is 0 Å². The molecule has 0 amide bonds. The van der Waals surface area contributed by atoms with Gasteiger partial charge in [-0.25, -0.2) is 0 Å². The fraction of sp³-hybridized carbons (Fsp3) is 1.00. The Bertz CT molecular complexity index is 149. The zero-order valence-electron chi connectivity index (χ0n) is 9.34. The smallest absolute Gasteiger partial charge is 0.108 e. The number of ether oxygens (including phenoxy) is 1. The fourth-order valence-electron chi connectivity index (χ4n) is 0.997. The zero-order valence-corrected chi connectivity index (χ0v) is 9.34. The number of hydrogen-bond acceptors (Lipinski definition) is 4. The van der Waals surface area contributed by atoms with Gasteiger partial charge in [-0.1, -0.05) is 13.8 Å². The maximum absolute atomic E-state index is 9.48. The van der Waals surface area contributed by atoms with Crippen LogP contribution in [0, 0.1) is 5.92 Å². The van der Waals surface area contributed by atoms with Crippen molar-refractivity contribution < 1.29 is 20.1 Å². The van der Waals surface area contributed by atoms with Crippen molar-refractivity contribution in [1.29, 1.82) is 0 Å². The molecule has 0 rings (SSSR count). The first kappa shape index (κ1) is 13.8. The van der Waals surface area contributed by atoms with Gasteiger partial charge >= 0.3 is 0 Å². The molecule has 4 nitrogen and oxygen atoms in total. The molecule has 86 valence electrons. The van der Waals surface area contributed by atoms with Crippen molar-refractivity contribution in [3.8, 4) is 0 Å². The maximum atomic E-state index is 9.48. The molecule has 0 aromatic carbocycles. The fourth-order valence-corrected chi connectivity index (χ4v) is 0.997. The molecule has 0 aliphatic heterocycles. The van der Waals surface area contributed by atoms with Crippen LogP contribution in [0.5, 0.6) is 0 Å². The third-order valence-electron chi connectivity index (χ3n) is 2.43. The largest absolute Gasteiger partial charge is 0.394 e. The first-order chi connectivity index (χ1) is 6.40. The van der Waals surface area contributed by atoms with E-state index in [9.17, 15) is 5.11 Å². The average molecular weight is 206 g/mol. The monoisotopic (exact) mass is 206 g/mol. The van der Waals surface area contributed by atoms with Crippen LogP contribution in [0.4, 0.5) is 0 Å². The van der Waals surface area contributed by atoms with E-state index >= 15 is 0 Å². The molecule has 0 radical (unpaired) electrons.